The van der Waals surface area contributed by atoms with Gasteiger partial charge in [0.25, 0.3) is 0 Å². The van der Waals surface area contributed by atoms with Gasteiger partial charge < -0.3 is 15.7 Å². The van der Waals surface area contributed by atoms with Crippen LogP contribution in [0.2, 0.25) is 0 Å². The molecular formula is C18H28N2O2. The quantitative estimate of drug-likeness (QED) is 0.756. The number of hydrogen-bond donors (Lipinski definition) is 3. The van der Waals surface area contributed by atoms with Crippen molar-refractivity contribution in [3.05, 3.63) is 34.9 Å². The van der Waals surface area contributed by atoms with Crippen LogP contribution in [0.5, 0.6) is 0 Å². The number of carbonyl (C=O) groups is 1. The highest BCUT2D eigenvalue weighted by molar-refractivity contribution is 5.73. The normalized spacial score (nSPS) is 16.1. The second-order valence-corrected chi connectivity index (χ2v) is 7.40. The van der Waals surface area contributed by atoms with Crippen LogP contribution in [0, 0.1) is 5.41 Å². The highest BCUT2D eigenvalue weighted by Crippen LogP contribution is 2.22. The van der Waals surface area contributed by atoms with Crippen molar-refractivity contribution in [2.45, 2.75) is 59.2 Å². The molecule has 1 heterocycles. The first kappa shape index (κ1) is 17.0. The van der Waals surface area contributed by atoms with Crippen molar-refractivity contribution in [1.82, 2.24) is 10.6 Å². The lowest BCUT2D eigenvalue weighted by Crippen LogP contribution is -2.37. The fraction of sp³-hybridized carbons (Fsp3) is 0.611. The highest BCUT2D eigenvalue weighted by atomic mass is 16.4. The molecule has 1 aromatic rings. The Morgan fingerprint density at radius 1 is 1.36 bits per heavy atom. The van der Waals surface area contributed by atoms with Crippen LogP contribution < -0.4 is 10.6 Å². The van der Waals surface area contributed by atoms with Crippen molar-refractivity contribution in [1.29, 1.82) is 0 Å². The van der Waals surface area contributed by atoms with Gasteiger partial charge in [0.1, 0.15) is 6.04 Å². The Labute approximate surface area is 133 Å². The maximum atomic E-state index is 11.4. The van der Waals surface area contributed by atoms with E-state index >= 15 is 0 Å². The predicted octanol–water partition coefficient (Wildman–Crippen LogP) is 2.70. The van der Waals surface area contributed by atoms with E-state index in [-0.39, 0.29) is 5.41 Å². The number of fused-ring (bicyclic) bond motifs is 1. The lowest BCUT2D eigenvalue weighted by atomic mass is 9.88. The van der Waals surface area contributed by atoms with Gasteiger partial charge in [0.05, 0.1) is 0 Å². The molecule has 22 heavy (non-hydrogen) atoms. The van der Waals surface area contributed by atoms with Gasteiger partial charge in [-0.2, -0.15) is 0 Å². The molecule has 0 unspecified atom stereocenters. The van der Waals surface area contributed by atoms with E-state index in [0.29, 0.717) is 13.0 Å². The Bertz CT molecular complexity index is 520. The van der Waals surface area contributed by atoms with E-state index in [4.69, 9.17) is 0 Å². The molecule has 0 bridgehead atoms. The van der Waals surface area contributed by atoms with Gasteiger partial charge in [-0.05, 0) is 47.9 Å². The number of carboxylic acids is 1. The Morgan fingerprint density at radius 3 is 2.82 bits per heavy atom. The molecule has 1 aliphatic rings. The molecule has 0 spiro atoms. The minimum absolute atomic E-state index is 0.161. The third-order valence-electron chi connectivity index (χ3n) is 4.19. The second kappa shape index (κ2) is 7.25. The third kappa shape index (κ3) is 5.11. The van der Waals surface area contributed by atoms with Crippen LogP contribution in [-0.4, -0.2) is 23.7 Å². The molecule has 0 saturated carbocycles. The van der Waals surface area contributed by atoms with Crippen molar-refractivity contribution in [3.63, 3.8) is 0 Å². The molecule has 0 saturated heterocycles. The standard InChI is InChI=1S/C18H28N2O2/c1-18(2,3)8-6-16(17(21)22)20-11-13-4-5-15-12-19-9-7-14(15)10-13/h4-5,10,16,19-20H,6-9,11-12H2,1-3H3,(H,21,22)/t16-/m0/s1. The lowest BCUT2D eigenvalue weighted by Gasteiger charge is -2.22. The molecule has 0 radical (unpaired) electrons. The van der Waals surface area contributed by atoms with Crippen molar-refractivity contribution >= 4 is 5.97 Å². The monoisotopic (exact) mass is 304 g/mol. The summed E-state index contributed by atoms with van der Waals surface area (Å²) >= 11 is 0. The van der Waals surface area contributed by atoms with Gasteiger partial charge in [-0.25, -0.2) is 0 Å². The van der Waals surface area contributed by atoms with E-state index < -0.39 is 12.0 Å². The summed E-state index contributed by atoms with van der Waals surface area (Å²) in [6.07, 6.45) is 2.61. The zero-order valence-corrected chi connectivity index (χ0v) is 13.9. The topological polar surface area (TPSA) is 61.4 Å². The first-order valence-corrected chi connectivity index (χ1v) is 8.13. The average molecular weight is 304 g/mol. The van der Waals surface area contributed by atoms with Crippen molar-refractivity contribution in [2.75, 3.05) is 6.54 Å². The van der Waals surface area contributed by atoms with Gasteiger partial charge in [-0.3, -0.25) is 4.79 Å². The fourth-order valence-corrected chi connectivity index (χ4v) is 2.77. The smallest absolute Gasteiger partial charge is 0.320 e. The van der Waals surface area contributed by atoms with Crippen LogP contribution in [0.3, 0.4) is 0 Å². The van der Waals surface area contributed by atoms with Gasteiger partial charge in [-0.1, -0.05) is 39.0 Å². The maximum Gasteiger partial charge on any atom is 0.320 e. The van der Waals surface area contributed by atoms with Crippen LogP contribution in [0.1, 0.15) is 50.3 Å². The summed E-state index contributed by atoms with van der Waals surface area (Å²) in [5.74, 6) is -0.758. The van der Waals surface area contributed by atoms with Gasteiger partial charge in [0.15, 0.2) is 0 Å². The lowest BCUT2D eigenvalue weighted by molar-refractivity contribution is -0.139. The number of benzene rings is 1. The van der Waals surface area contributed by atoms with Gasteiger partial charge in [-0.15, -0.1) is 0 Å². The summed E-state index contributed by atoms with van der Waals surface area (Å²) in [6, 6.07) is 5.99. The van der Waals surface area contributed by atoms with Gasteiger partial charge >= 0.3 is 5.97 Å². The van der Waals surface area contributed by atoms with Crippen molar-refractivity contribution in [2.24, 2.45) is 5.41 Å². The summed E-state index contributed by atoms with van der Waals surface area (Å²) in [5, 5.41) is 15.9. The molecule has 4 nitrogen and oxygen atoms in total. The van der Waals surface area contributed by atoms with Gasteiger partial charge in [0, 0.05) is 13.1 Å². The fourth-order valence-electron chi connectivity index (χ4n) is 2.77. The third-order valence-corrected chi connectivity index (χ3v) is 4.19. The molecule has 122 valence electrons. The van der Waals surface area contributed by atoms with Crippen LogP contribution in [0.25, 0.3) is 0 Å². The molecule has 1 aliphatic heterocycles. The van der Waals surface area contributed by atoms with E-state index in [9.17, 15) is 9.90 Å². The molecule has 0 aliphatic carbocycles. The van der Waals surface area contributed by atoms with Crippen LogP contribution in [0.4, 0.5) is 0 Å². The summed E-state index contributed by atoms with van der Waals surface area (Å²) in [4.78, 5) is 11.4. The largest absolute Gasteiger partial charge is 0.480 e. The molecule has 1 atom stereocenters. The van der Waals surface area contributed by atoms with Crippen molar-refractivity contribution in [3.8, 4) is 0 Å². The molecule has 0 aromatic heterocycles. The first-order chi connectivity index (χ1) is 10.3. The predicted molar refractivity (Wildman–Crippen MR) is 88.8 cm³/mol. The second-order valence-electron chi connectivity index (χ2n) is 7.40. The first-order valence-electron chi connectivity index (χ1n) is 8.13. The van der Waals surface area contributed by atoms with Crippen LogP contribution in [-0.2, 0) is 24.3 Å². The summed E-state index contributed by atoms with van der Waals surface area (Å²) in [7, 11) is 0. The van der Waals surface area contributed by atoms with E-state index in [1.807, 2.05) is 0 Å². The Morgan fingerprint density at radius 2 is 2.14 bits per heavy atom. The minimum atomic E-state index is -0.758. The number of carboxylic acid groups (broad SMARTS) is 1. The minimum Gasteiger partial charge on any atom is -0.480 e. The van der Waals surface area contributed by atoms with Crippen LogP contribution in [0.15, 0.2) is 18.2 Å². The van der Waals surface area contributed by atoms with Crippen LogP contribution >= 0.6 is 0 Å². The molecule has 1 aromatic carbocycles. The Kier molecular flexibility index (Phi) is 5.59. The average Bonchev–Trinajstić information content (AvgIpc) is 2.45. The van der Waals surface area contributed by atoms with E-state index in [1.54, 1.807) is 0 Å². The van der Waals surface area contributed by atoms with E-state index in [0.717, 1.165) is 25.9 Å². The zero-order chi connectivity index (χ0) is 16.2. The molecule has 0 fully saturated rings. The van der Waals surface area contributed by atoms with Gasteiger partial charge in [0.2, 0.25) is 0 Å². The van der Waals surface area contributed by atoms with Crippen molar-refractivity contribution < 1.29 is 9.90 Å². The van der Waals surface area contributed by atoms with E-state index in [1.165, 1.54) is 16.7 Å². The number of nitrogens with one attached hydrogen (secondary N) is 2. The summed E-state index contributed by atoms with van der Waals surface area (Å²) in [5.41, 5.74) is 4.08. The maximum absolute atomic E-state index is 11.4. The molecule has 4 heteroatoms. The highest BCUT2D eigenvalue weighted by Gasteiger charge is 2.20. The molecule has 2 rings (SSSR count). The molecule has 0 amide bonds. The van der Waals surface area contributed by atoms with E-state index in [2.05, 4.69) is 49.6 Å². The zero-order valence-electron chi connectivity index (χ0n) is 13.9. The SMILES string of the molecule is CC(C)(C)CC[C@H](NCc1ccc2c(c1)CCNC2)C(=O)O. The number of rotatable bonds is 6. The Balaban J connectivity index is 1.93. The number of hydrogen-bond acceptors (Lipinski definition) is 3. The number of aliphatic carboxylic acids is 1. The molecular weight excluding hydrogens is 276 g/mol. The summed E-state index contributed by atoms with van der Waals surface area (Å²) < 4.78 is 0. The Hall–Kier alpha value is -1.39. The summed E-state index contributed by atoms with van der Waals surface area (Å²) in [6.45, 7) is 9.00. The molecule has 3 N–H and O–H groups in total.